The molecule has 0 fully saturated rings. The maximum atomic E-state index is 12.3. The van der Waals surface area contributed by atoms with Gasteiger partial charge in [0.15, 0.2) is 5.65 Å². The van der Waals surface area contributed by atoms with E-state index >= 15 is 0 Å². The number of anilines is 1. The minimum absolute atomic E-state index is 0.0989. The third kappa shape index (κ3) is 3.05. The van der Waals surface area contributed by atoms with Crippen molar-refractivity contribution in [3.8, 4) is 5.75 Å². The Kier molecular flexibility index (Phi) is 3.79. The van der Waals surface area contributed by atoms with Gasteiger partial charge in [-0.3, -0.25) is 4.79 Å². The topological polar surface area (TPSA) is 94.8 Å². The zero-order valence-electron chi connectivity index (χ0n) is 11.8. The van der Waals surface area contributed by atoms with Crippen molar-refractivity contribution in [3.63, 3.8) is 0 Å². The van der Waals surface area contributed by atoms with Crippen LogP contribution in [0.4, 0.5) is 14.6 Å². The highest BCUT2D eigenvalue weighted by Gasteiger charge is 2.15. The summed E-state index contributed by atoms with van der Waals surface area (Å²) in [5.41, 5.74) is 1.09. The van der Waals surface area contributed by atoms with Gasteiger partial charge in [0.05, 0.1) is 11.8 Å². The molecule has 0 radical (unpaired) electrons. The summed E-state index contributed by atoms with van der Waals surface area (Å²) < 4.78 is 29.8. The van der Waals surface area contributed by atoms with Gasteiger partial charge < -0.3 is 10.1 Å². The molecule has 0 atom stereocenters. The van der Waals surface area contributed by atoms with E-state index < -0.39 is 12.5 Å². The lowest BCUT2D eigenvalue weighted by molar-refractivity contribution is -0.0500. The van der Waals surface area contributed by atoms with Crippen molar-refractivity contribution in [2.75, 3.05) is 5.32 Å². The van der Waals surface area contributed by atoms with Crippen LogP contribution in [0.1, 0.15) is 10.4 Å². The van der Waals surface area contributed by atoms with E-state index in [0.717, 1.165) is 6.20 Å². The Bertz CT molecular complexity index is 849. The summed E-state index contributed by atoms with van der Waals surface area (Å²) in [6.07, 6.45) is 2.56. The Labute approximate surface area is 128 Å². The molecule has 23 heavy (non-hydrogen) atoms. The Morgan fingerprint density at radius 2 is 2.13 bits per heavy atom. The molecule has 3 aromatic heterocycles. The van der Waals surface area contributed by atoms with Crippen LogP contribution in [0.25, 0.3) is 11.2 Å². The maximum Gasteiger partial charge on any atom is 0.387 e. The highest BCUT2D eigenvalue weighted by molar-refractivity contribution is 6.10. The number of pyridine rings is 2. The smallest absolute Gasteiger partial charge is 0.387 e. The molecular weight excluding hydrogens is 310 g/mol. The van der Waals surface area contributed by atoms with Crippen molar-refractivity contribution in [2.45, 2.75) is 6.61 Å². The van der Waals surface area contributed by atoms with Gasteiger partial charge in [0, 0.05) is 13.2 Å². The SMILES string of the molecule is Cn1nnc2c(C(=O)Nc3ccc(OC(F)F)cn3)ccnc21. The van der Waals surface area contributed by atoms with Crippen molar-refractivity contribution in [3.05, 3.63) is 36.2 Å². The van der Waals surface area contributed by atoms with Crippen molar-refractivity contribution in [1.29, 1.82) is 0 Å². The molecule has 0 saturated carbocycles. The van der Waals surface area contributed by atoms with Gasteiger partial charge in [-0.05, 0) is 18.2 Å². The molecule has 10 heteroatoms. The highest BCUT2D eigenvalue weighted by Crippen LogP contribution is 2.17. The van der Waals surface area contributed by atoms with Gasteiger partial charge in [-0.15, -0.1) is 5.10 Å². The van der Waals surface area contributed by atoms with Crippen LogP contribution >= 0.6 is 0 Å². The maximum absolute atomic E-state index is 12.3. The molecule has 3 heterocycles. The van der Waals surface area contributed by atoms with E-state index in [2.05, 4.69) is 30.3 Å². The zero-order chi connectivity index (χ0) is 16.4. The first-order valence-corrected chi connectivity index (χ1v) is 6.41. The van der Waals surface area contributed by atoms with Crippen molar-refractivity contribution < 1.29 is 18.3 Å². The molecule has 8 nitrogen and oxygen atoms in total. The number of nitrogens with one attached hydrogen (secondary N) is 1. The number of hydrogen-bond acceptors (Lipinski definition) is 6. The minimum atomic E-state index is -2.93. The Hall–Kier alpha value is -3.17. The first kappa shape index (κ1) is 14.8. The van der Waals surface area contributed by atoms with Crippen LogP contribution in [0.15, 0.2) is 30.6 Å². The van der Waals surface area contributed by atoms with Gasteiger partial charge >= 0.3 is 6.61 Å². The molecule has 0 aliphatic rings. The van der Waals surface area contributed by atoms with Crippen LogP contribution < -0.4 is 10.1 Å². The normalized spacial score (nSPS) is 11.0. The molecule has 0 aliphatic carbocycles. The molecule has 0 aliphatic heterocycles. The number of halogens is 2. The molecule has 3 rings (SSSR count). The molecule has 0 aromatic carbocycles. The lowest BCUT2D eigenvalue weighted by atomic mass is 10.2. The first-order valence-electron chi connectivity index (χ1n) is 6.41. The summed E-state index contributed by atoms with van der Waals surface area (Å²) in [6, 6.07) is 4.13. The average Bonchev–Trinajstić information content (AvgIpc) is 2.90. The van der Waals surface area contributed by atoms with Gasteiger partial charge in [0.1, 0.15) is 17.1 Å². The molecule has 0 saturated heterocycles. The van der Waals surface area contributed by atoms with E-state index in [1.54, 1.807) is 7.05 Å². The number of amides is 1. The predicted octanol–water partition coefficient (Wildman–Crippen LogP) is 1.61. The minimum Gasteiger partial charge on any atom is -0.433 e. The summed E-state index contributed by atoms with van der Waals surface area (Å²) in [4.78, 5) is 20.2. The van der Waals surface area contributed by atoms with Crippen LogP contribution in [0.3, 0.4) is 0 Å². The van der Waals surface area contributed by atoms with Gasteiger partial charge in [-0.2, -0.15) is 8.78 Å². The van der Waals surface area contributed by atoms with E-state index in [4.69, 9.17) is 0 Å². The number of carbonyl (C=O) groups is 1. The van der Waals surface area contributed by atoms with E-state index in [-0.39, 0.29) is 17.1 Å². The van der Waals surface area contributed by atoms with Crippen LogP contribution in [-0.4, -0.2) is 37.5 Å². The molecule has 1 amide bonds. The molecule has 0 bridgehead atoms. The Morgan fingerprint density at radius 3 is 2.83 bits per heavy atom. The third-order valence-corrected chi connectivity index (χ3v) is 2.94. The molecule has 3 aromatic rings. The number of aromatic nitrogens is 5. The summed E-state index contributed by atoms with van der Waals surface area (Å²) in [6.45, 7) is -2.93. The number of ether oxygens (including phenoxy) is 1. The van der Waals surface area contributed by atoms with Crippen LogP contribution in [-0.2, 0) is 7.05 Å². The molecule has 0 spiro atoms. The Balaban J connectivity index is 1.80. The fourth-order valence-corrected chi connectivity index (χ4v) is 1.93. The van der Waals surface area contributed by atoms with Crippen LogP contribution in [0, 0.1) is 0 Å². The largest absolute Gasteiger partial charge is 0.433 e. The second kappa shape index (κ2) is 5.91. The van der Waals surface area contributed by atoms with E-state index in [0.29, 0.717) is 11.2 Å². The monoisotopic (exact) mass is 320 g/mol. The number of aryl methyl sites for hydroxylation is 1. The first-order chi connectivity index (χ1) is 11.0. The lowest BCUT2D eigenvalue weighted by Gasteiger charge is -2.06. The van der Waals surface area contributed by atoms with E-state index in [1.807, 2.05) is 0 Å². The lowest BCUT2D eigenvalue weighted by Crippen LogP contribution is -2.14. The standard InChI is InChI=1S/C13H10F2N6O2/c1-21-11-10(19-20-21)8(4-5-16-11)12(22)18-9-3-2-7(6-17-9)23-13(14)15/h2-6,13H,1H3,(H,17,18,22). The van der Waals surface area contributed by atoms with Gasteiger partial charge in [0.2, 0.25) is 0 Å². The number of fused-ring (bicyclic) bond motifs is 1. The van der Waals surface area contributed by atoms with Crippen molar-refractivity contribution in [1.82, 2.24) is 25.0 Å². The number of nitrogens with zero attached hydrogens (tertiary/aromatic N) is 5. The van der Waals surface area contributed by atoms with Gasteiger partial charge in [-0.25, -0.2) is 14.6 Å². The number of hydrogen-bond donors (Lipinski definition) is 1. The number of alkyl halides is 2. The fourth-order valence-electron chi connectivity index (χ4n) is 1.93. The zero-order valence-corrected chi connectivity index (χ0v) is 11.8. The number of rotatable bonds is 4. The molecule has 1 N–H and O–H groups in total. The Morgan fingerprint density at radius 1 is 1.30 bits per heavy atom. The quantitative estimate of drug-likeness (QED) is 0.785. The van der Waals surface area contributed by atoms with Crippen molar-refractivity contribution >= 4 is 22.9 Å². The van der Waals surface area contributed by atoms with E-state index in [9.17, 15) is 13.6 Å². The summed E-state index contributed by atoms with van der Waals surface area (Å²) in [5.74, 6) is -0.378. The second-order valence-electron chi connectivity index (χ2n) is 4.46. The predicted molar refractivity (Wildman–Crippen MR) is 75.1 cm³/mol. The molecule has 118 valence electrons. The summed E-state index contributed by atoms with van der Waals surface area (Å²) in [7, 11) is 1.66. The summed E-state index contributed by atoms with van der Waals surface area (Å²) >= 11 is 0. The fraction of sp³-hybridized carbons (Fsp3) is 0.154. The summed E-state index contributed by atoms with van der Waals surface area (Å²) in [5, 5.41) is 10.2. The second-order valence-corrected chi connectivity index (χ2v) is 4.46. The van der Waals surface area contributed by atoms with Crippen molar-refractivity contribution in [2.24, 2.45) is 7.05 Å². The van der Waals surface area contributed by atoms with Crippen LogP contribution in [0.2, 0.25) is 0 Å². The number of carbonyl (C=O) groups excluding carboxylic acids is 1. The van der Waals surface area contributed by atoms with Gasteiger partial charge in [0.25, 0.3) is 5.91 Å². The highest BCUT2D eigenvalue weighted by atomic mass is 19.3. The molecule has 0 unspecified atom stereocenters. The third-order valence-electron chi connectivity index (χ3n) is 2.94. The molecular formula is C13H10F2N6O2. The van der Waals surface area contributed by atoms with Crippen LogP contribution in [0.5, 0.6) is 5.75 Å². The average molecular weight is 320 g/mol. The van der Waals surface area contributed by atoms with E-state index in [1.165, 1.54) is 29.1 Å². The van der Waals surface area contributed by atoms with Gasteiger partial charge in [-0.1, -0.05) is 5.21 Å².